The number of fused-ring (bicyclic) bond motifs is 2. The normalized spacial score (nSPS) is 12.4. The first-order valence-corrected chi connectivity index (χ1v) is 9.76. The fourth-order valence-corrected chi connectivity index (χ4v) is 3.15. The molecule has 4 rings (SSSR count). The Morgan fingerprint density at radius 3 is 2.82 bits per heavy atom. The van der Waals surface area contributed by atoms with Crippen LogP contribution in [0, 0.1) is 5.82 Å². The second-order valence-electron chi connectivity index (χ2n) is 6.78. The van der Waals surface area contributed by atoms with Crippen molar-refractivity contribution in [2.75, 3.05) is 6.61 Å². The number of hydrogen-bond acceptors (Lipinski definition) is 7. The number of carbonyl (C=O) groups excluding carboxylic acids is 2. The number of ether oxygens (including phenoxy) is 2. The Morgan fingerprint density at radius 1 is 1.24 bits per heavy atom. The number of rotatable bonds is 8. The van der Waals surface area contributed by atoms with Gasteiger partial charge in [0.15, 0.2) is 5.65 Å². The van der Waals surface area contributed by atoms with Gasteiger partial charge in [0.1, 0.15) is 28.3 Å². The van der Waals surface area contributed by atoms with E-state index in [4.69, 9.17) is 9.15 Å². The minimum absolute atomic E-state index is 0.0761. The maximum atomic E-state index is 14.0. The van der Waals surface area contributed by atoms with Gasteiger partial charge >= 0.3 is 5.97 Å². The summed E-state index contributed by atoms with van der Waals surface area (Å²) < 4.78 is 56.4. The van der Waals surface area contributed by atoms with Crippen LogP contribution in [-0.4, -0.2) is 45.8 Å². The van der Waals surface area contributed by atoms with E-state index in [1.165, 1.54) is 29.9 Å². The van der Waals surface area contributed by atoms with Crippen LogP contribution in [0.4, 0.5) is 13.2 Å². The number of carbonyl (C=O) groups is 2. The van der Waals surface area contributed by atoms with Crippen molar-refractivity contribution in [2.24, 2.45) is 0 Å². The number of nitrogens with zero attached hydrogens (tertiary/aromatic N) is 3. The predicted molar refractivity (Wildman–Crippen MR) is 107 cm³/mol. The molecule has 0 aliphatic carbocycles. The lowest BCUT2D eigenvalue weighted by Crippen LogP contribution is -2.28. The first-order chi connectivity index (χ1) is 15.9. The van der Waals surface area contributed by atoms with E-state index in [-0.39, 0.29) is 41.0 Å². The molecule has 1 unspecified atom stereocenters. The Hall–Kier alpha value is -3.93. The Labute approximate surface area is 184 Å². The van der Waals surface area contributed by atoms with Crippen LogP contribution >= 0.6 is 0 Å². The van der Waals surface area contributed by atoms with Gasteiger partial charge in [0.2, 0.25) is 0 Å². The number of aromatic nitrogens is 3. The molecule has 172 valence electrons. The van der Waals surface area contributed by atoms with Gasteiger partial charge in [-0.2, -0.15) is 5.10 Å². The number of hydrogen-bond donors (Lipinski definition) is 1. The zero-order valence-corrected chi connectivity index (χ0v) is 17.1. The fraction of sp³-hybridized carbons (Fsp3) is 0.238. The van der Waals surface area contributed by atoms with E-state index < -0.39 is 30.4 Å². The molecule has 3 heterocycles. The van der Waals surface area contributed by atoms with Crippen molar-refractivity contribution in [3.05, 3.63) is 65.6 Å². The van der Waals surface area contributed by atoms with Crippen molar-refractivity contribution in [3.63, 3.8) is 0 Å². The Morgan fingerprint density at radius 2 is 2.06 bits per heavy atom. The molecular formula is C21H17F3N4O5. The lowest BCUT2D eigenvalue weighted by atomic mass is 10.1. The van der Waals surface area contributed by atoms with Crippen molar-refractivity contribution in [1.29, 1.82) is 0 Å². The molecule has 9 nitrogen and oxygen atoms in total. The summed E-state index contributed by atoms with van der Waals surface area (Å²) in [5, 5.41) is 6.85. The highest BCUT2D eigenvalue weighted by Gasteiger charge is 2.28. The molecule has 0 bridgehead atoms. The molecule has 0 radical (unpaired) electrons. The van der Waals surface area contributed by atoms with E-state index in [2.05, 4.69) is 20.1 Å². The van der Waals surface area contributed by atoms with Crippen LogP contribution in [0.5, 0.6) is 0 Å². The number of esters is 1. The molecule has 4 aromatic rings. The lowest BCUT2D eigenvalue weighted by molar-refractivity contribution is -0.175. The SMILES string of the molecule is CCOC(OC(=O)c1cc(F)cc2cc(CNC(=O)c3cnn4cccnc34)oc12)C(F)F. The molecule has 0 aliphatic heterocycles. The van der Waals surface area contributed by atoms with Crippen LogP contribution in [-0.2, 0) is 16.0 Å². The highest BCUT2D eigenvalue weighted by Crippen LogP contribution is 2.26. The van der Waals surface area contributed by atoms with Gasteiger partial charge in [-0.25, -0.2) is 27.5 Å². The number of nitrogens with one attached hydrogen (secondary N) is 1. The summed E-state index contributed by atoms with van der Waals surface area (Å²) in [6.45, 7) is 1.24. The molecule has 12 heteroatoms. The van der Waals surface area contributed by atoms with E-state index in [0.29, 0.717) is 5.65 Å². The molecule has 0 aliphatic rings. The van der Waals surface area contributed by atoms with Gasteiger partial charge in [0.05, 0.1) is 12.7 Å². The number of amides is 1. The average Bonchev–Trinajstić information content (AvgIpc) is 3.40. The largest absolute Gasteiger partial charge is 0.458 e. The van der Waals surface area contributed by atoms with Crippen molar-refractivity contribution in [3.8, 4) is 0 Å². The third kappa shape index (κ3) is 4.65. The van der Waals surface area contributed by atoms with Crippen LogP contribution in [0.25, 0.3) is 16.6 Å². The summed E-state index contributed by atoms with van der Waals surface area (Å²) in [6.07, 6.45) is -0.676. The zero-order valence-electron chi connectivity index (χ0n) is 17.1. The summed E-state index contributed by atoms with van der Waals surface area (Å²) in [4.78, 5) is 29.0. The molecule has 33 heavy (non-hydrogen) atoms. The number of benzene rings is 1. The van der Waals surface area contributed by atoms with Crippen molar-refractivity contribution in [2.45, 2.75) is 26.2 Å². The molecule has 0 saturated carbocycles. The van der Waals surface area contributed by atoms with Gasteiger partial charge in [-0.1, -0.05) is 0 Å². The van der Waals surface area contributed by atoms with Crippen LogP contribution < -0.4 is 5.32 Å². The van der Waals surface area contributed by atoms with Crippen LogP contribution in [0.15, 0.2) is 47.3 Å². The van der Waals surface area contributed by atoms with Gasteiger partial charge < -0.3 is 19.2 Å². The molecule has 0 spiro atoms. The van der Waals surface area contributed by atoms with E-state index in [1.807, 2.05) is 0 Å². The lowest BCUT2D eigenvalue weighted by Gasteiger charge is -2.16. The first-order valence-electron chi connectivity index (χ1n) is 9.76. The molecule has 1 aromatic carbocycles. The Kier molecular flexibility index (Phi) is 6.27. The van der Waals surface area contributed by atoms with Crippen molar-refractivity contribution in [1.82, 2.24) is 19.9 Å². The molecular weight excluding hydrogens is 445 g/mol. The quantitative estimate of drug-likeness (QED) is 0.316. The number of alkyl halides is 2. The number of furan rings is 1. The topological polar surface area (TPSA) is 108 Å². The van der Waals surface area contributed by atoms with Gasteiger partial charge in [-0.3, -0.25) is 4.79 Å². The monoisotopic (exact) mass is 462 g/mol. The second kappa shape index (κ2) is 9.28. The second-order valence-corrected chi connectivity index (χ2v) is 6.78. The summed E-state index contributed by atoms with van der Waals surface area (Å²) >= 11 is 0. The van der Waals surface area contributed by atoms with Gasteiger partial charge in [-0.15, -0.1) is 0 Å². The van der Waals surface area contributed by atoms with Crippen LogP contribution in [0.1, 0.15) is 33.4 Å². The molecule has 3 aromatic heterocycles. The maximum Gasteiger partial charge on any atom is 0.344 e. The third-order valence-electron chi connectivity index (χ3n) is 4.56. The molecule has 1 amide bonds. The average molecular weight is 462 g/mol. The van der Waals surface area contributed by atoms with Crippen molar-refractivity contribution >= 4 is 28.5 Å². The zero-order chi connectivity index (χ0) is 23.5. The van der Waals surface area contributed by atoms with E-state index >= 15 is 0 Å². The smallest absolute Gasteiger partial charge is 0.344 e. The molecule has 1 atom stereocenters. The highest BCUT2D eigenvalue weighted by atomic mass is 19.3. The summed E-state index contributed by atoms with van der Waals surface area (Å²) in [5.74, 6) is -2.32. The standard InChI is InChI=1S/C21H17F3N4O5/c1-2-31-21(17(23)24)33-20(30)14-8-12(22)6-11-7-13(32-16(11)14)9-26-19(29)15-10-27-28-5-3-4-25-18(15)28/h3-8,10,17,21H,2,9H2,1H3,(H,26,29). The highest BCUT2D eigenvalue weighted by molar-refractivity contribution is 6.02. The first kappa shape index (κ1) is 22.3. The predicted octanol–water partition coefficient (Wildman–Crippen LogP) is 3.33. The minimum atomic E-state index is -3.09. The van der Waals surface area contributed by atoms with E-state index in [9.17, 15) is 22.8 Å². The molecule has 0 saturated heterocycles. The van der Waals surface area contributed by atoms with Gasteiger partial charge in [0.25, 0.3) is 18.6 Å². The number of halogens is 3. The molecule has 1 N–H and O–H groups in total. The van der Waals surface area contributed by atoms with Gasteiger partial charge in [-0.05, 0) is 31.2 Å². The Balaban J connectivity index is 1.54. The molecule has 0 fully saturated rings. The maximum absolute atomic E-state index is 14.0. The Bertz CT molecular complexity index is 1320. The van der Waals surface area contributed by atoms with Crippen LogP contribution in [0.3, 0.4) is 0 Å². The fourth-order valence-electron chi connectivity index (χ4n) is 3.15. The van der Waals surface area contributed by atoms with E-state index in [1.54, 1.807) is 12.3 Å². The minimum Gasteiger partial charge on any atom is -0.458 e. The summed E-state index contributed by atoms with van der Waals surface area (Å²) in [5.41, 5.74) is 0.123. The van der Waals surface area contributed by atoms with Crippen molar-refractivity contribution < 1.29 is 36.7 Å². The van der Waals surface area contributed by atoms with Gasteiger partial charge in [0, 0.05) is 24.4 Å². The van der Waals surface area contributed by atoms with Crippen LogP contribution in [0.2, 0.25) is 0 Å². The summed E-state index contributed by atoms with van der Waals surface area (Å²) in [7, 11) is 0. The summed E-state index contributed by atoms with van der Waals surface area (Å²) in [6, 6.07) is 4.99. The third-order valence-corrected chi connectivity index (χ3v) is 4.56. The van der Waals surface area contributed by atoms with E-state index in [0.717, 1.165) is 12.1 Å².